The summed E-state index contributed by atoms with van der Waals surface area (Å²) < 4.78 is 41.3. The van der Waals surface area contributed by atoms with Gasteiger partial charge < -0.3 is 9.88 Å². The lowest BCUT2D eigenvalue weighted by Gasteiger charge is -2.11. The van der Waals surface area contributed by atoms with Gasteiger partial charge in [0.1, 0.15) is 23.5 Å². The quantitative estimate of drug-likeness (QED) is 0.590. The number of carbonyl (C=O) groups excluding carboxylic acids is 1. The first-order valence-electron chi connectivity index (χ1n) is 9.12. The number of hydrogen-bond acceptors (Lipinski definition) is 6. The number of nitrogens with zero attached hydrogens (tertiary/aromatic N) is 5. The van der Waals surface area contributed by atoms with Crippen molar-refractivity contribution in [3.8, 4) is 0 Å². The fraction of sp³-hybridized carbons (Fsp3) is 0.316. The molecule has 11 heteroatoms. The Balaban J connectivity index is 1.50. The van der Waals surface area contributed by atoms with E-state index in [4.69, 9.17) is 0 Å². The lowest BCUT2D eigenvalue weighted by atomic mass is 10.1. The van der Waals surface area contributed by atoms with Gasteiger partial charge in [-0.05, 0) is 54.2 Å². The van der Waals surface area contributed by atoms with Gasteiger partial charge in [-0.2, -0.15) is 13.2 Å². The van der Waals surface area contributed by atoms with E-state index in [1.54, 1.807) is 23.0 Å². The predicted molar refractivity (Wildman–Crippen MR) is 104 cm³/mol. The maximum atomic E-state index is 13.2. The molecule has 7 nitrogen and oxygen atoms in total. The molecule has 0 radical (unpaired) electrons. The normalized spacial score (nSPS) is 14.0. The van der Waals surface area contributed by atoms with E-state index >= 15 is 0 Å². The second-order valence-corrected chi connectivity index (χ2v) is 7.90. The number of thioether (sulfide) groups is 1. The molecule has 0 spiro atoms. The minimum absolute atomic E-state index is 0.0553. The van der Waals surface area contributed by atoms with Crippen LogP contribution in [0.4, 0.5) is 19.0 Å². The number of anilines is 1. The molecule has 3 aromatic rings. The van der Waals surface area contributed by atoms with Gasteiger partial charge in [0, 0.05) is 19.0 Å². The summed E-state index contributed by atoms with van der Waals surface area (Å²) in [7, 11) is 1.83. The molecule has 1 fully saturated rings. The molecule has 3 aromatic heterocycles. The van der Waals surface area contributed by atoms with Gasteiger partial charge in [0.2, 0.25) is 0 Å². The Morgan fingerprint density at radius 1 is 1.30 bits per heavy atom. The molecule has 0 aromatic carbocycles. The number of halogens is 3. The molecule has 0 bridgehead atoms. The highest BCUT2D eigenvalue weighted by Crippen LogP contribution is 2.42. The standard InChI is InChI=1S/C19H17F3N6OS/c1-28-10-24-27-18(28)30-9-11-4-5-23-16(6-11)26-17(29)14-7-13(12-2-3-12)8-15(25-14)19(20,21)22/h4-8,10,12H,2-3,9H2,1H3,(H,23,26,29). The highest BCUT2D eigenvalue weighted by molar-refractivity contribution is 7.98. The summed E-state index contributed by atoms with van der Waals surface area (Å²) in [5.74, 6) is 0.127. The maximum absolute atomic E-state index is 13.2. The van der Waals surface area contributed by atoms with Crippen molar-refractivity contribution in [2.75, 3.05) is 5.32 Å². The Bertz CT molecular complexity index is 1080. The van der Waals surface area contributed by atoms with E-state index in [9.17, 15) is 18.0 Å². The minimum atomic E-state index is -4.62. The van der Waals surface area contributed by atoms with Gasteiger partial charge >= 0.3 is 6.18 Å². The second-order valence-electron chi connectivity index (χ2n) is 6.96. The monoisotopic (exact) mass is 434 g/mol. The highest BCUT2D eigenvalue weighted by Gasteiger charge is 2.35. The predicted octanol–water partition coefficient (Wildman–Crippen LogP) is 4.05. The van der Waals surface area contributed by atoms with Crippen LogP contribution in [0.2, 0.25) is 0 Å². The van der Waals surface area contributed by atoms with Gasteiger partial charge in [-0.15, -0.1) is 10.2 Å². The van der Waals surface area contributed by atoms with Crippen LogP contribution in [-0.2, 0) is 19.0 Å². The second kappa shape index (κ2) is 8.05. The van der Waals surface area contributed by atoms with E-state index in [1.807, 2.05) is 7.05 Å². The molecule has 0 atom stereocenters. The molecule has 3 heterocycles. The van der Waals surface area contributed by atoms with Crippen LogP contribution in [0.1, 0.15) is 46.1 Å². The molecular weight excluding hydrogens is 417 g/mol. The SMILES string of the molecule is Cn1cnnc1SCc1ccnc(NC(=O)c2cc(C3CC3)cc(C(F)(F)F)n2)c1. The molecule has 1 aliphatic carbocycles. The Morgan fingerprint density at radius 3 is 2.77 bits per heavy atom. The molecular formula is C19H17F3N6OS. The molecule has 156 valence electrons. The van der Waals surface area contributed by atoms with Crippen molar-refractivity contribution >= 4 is 23.5 Å². The van der Waals surface area contributed by atoms with Crippen molar-refractivity contribution < 1.29 is 18.0 Å². The largest absolute Gasteiger partial charge is 0.433 e. The van der Waals surface area contributed by atoms with Crippen LogP contribution in [0.3, 0.4) is 0 Å². The van der Waals surface area contributed by atoms with Crippen molar-refractivity contribution in [1.29, 1.82) is 0 Å². The molecule has 0 aliphatic heterocycles. The van der Waals surface area contributed by atoms with Gasteiger partial charge in [0.15, 0.2) is 5.16 Å². The third-order valence-corrected chi connectivity index (χ3v) is 5.63. The van der Waals surface area contributed by atoms with Crippen molar-refractivity contribution in [3.63, 3.8) is 0 Å². The summed E-state index contributed by atoms with van der Waals surface area (Å²) in [5, 5.41) is 11.1. The molecule has 1 aliphatic rings. The van der Waals surface area contributed by atoms with Crippen LogP contribution in [-0.4, -0.2) is 30.6 Å². The van der Waals surface area contributed by atoms with Crippen LogP contribution < -0.4 is 5.32 Å². The van der Waals surface area contributed by atoms with E-state index < -0.39 is 17.8 Å². The van der Waals surface area contributed by atoms with E-state index in [0.29, 0.717) is 11.3 Å². The Labute approximate surface area is 174 Å². The topological polar surface area (TPSA) is 85.6 Å². The van der Waals surface area contributed by atoms with Crippen molar-refractivity contribution in [1.82, 2.24) is 24.7 Å². The zero-order valence-electron chi connectivity index (χ0n) is 15.8. The van der Waals surface area contributed by atoms with Crippen molar-refractivity contribution in [2.45, 2.75) is 35.8 Å². The third-order valence-electron chi connectivity index (χ3n) is 4.52. The molecule has 1 N–H and O–H groups in total. The van der Waals surface area contributed by atoms with E-state index in [-0.39, 0.29) is 17.4 Å². The summed E-state index contributed by atoms with van der Waals surface area (Å²) in [4.78, 5) is 20.2. The zero-order chi connectivity index (χ0) is 21.3. The van der Waals surface area contributed by atoms with Crippen LogP contribution >= 0.6 is 11.8 Å². The number of amides is 1. The van der Waals surface area contributed by atoms with Crippen LogP contribution in [0.5, 0.6) is 0 Å². The van der Waals surface area contributed by atoms with Gasteiger partial charge in [-0.1, -0.05) is 11.8 Å². The number of nitrogens with one attached hydrogen (secondary N) is 1. The summed E-state index contributed by atoms with van der Waals surface area (Å²) >= 11 is 1.46. The fourth-order valence-corrected chi connectivity index (χ4v) is 3.66. The van der Waals surface area contributed by atoms with Crippen molar-refractivity contribution in [3.05, 3.63) is 59.3 Å². The molecule has 4 rings (SSSR count). The third kappa shape index (κ3) is 4.78. The number of aromatic nitrogens is 5. The Hall–Kier alpha value is -2.95. The molecule has 0 unspecified atom stereocenters. The average molecular weight is 434 g/mol. The number of pyridine rings is 2. The smallest absolute Gasteiger partial charge is 0.312 e. The minimum Gasteiger partial charge on any atom is -0.312 e. The highest BCUT2D eigenvalue weighted by atomic mass is 32.2. The first kappa shape index (κ1) is 20.3. The van der Waals surface area contributed by atoms with Gasteiger partial charge in [0.25, 0.3) is 5.91 Å². The molecule has 30 heavy (non-hydrogen) atoms. The lowest BCUT2D eigenvalue weighted by molar-refractivity contribution is -0.141. The first-order valence-corrected chi connectivity index (χ1v) is 10.1. The average Bonchev–Trinajstić information content (AvgIpc) is 3.48. The van der Waals surface area contributed by atoms with Crippen LogP contribution in [0, 0.1) is 0 Å². The van der Waals surface area contributed by atoms with Gasteiger partial charge in [0.05, 0.1) is 0 Å². The number of aryl methyl sites for hydroxylation is 1. The number of carbonyl (C=O) groups is 1. The number of alkyl halides is 3. The molecule has 1 saturated carbocycles. The number of rotatable bonds is 6. The fourth-order valence-electron chi connectivity index (χ4n) is 2.83. The summed E-state index contributed by atoms with van der Waals surface area (Å²) in [6, 6.07) is 5.90. The van der Waals surface area contributed by atoms with Gasteiger partial charge in [-0.25, -0.2) is 9.97 Å². The van der Waals surface area contributed by atoms with Crippen LogP contribution in [0.25, 0.3) is 0 Å². The van der Waals surface area contributed by atoms with Gasteiger partial charge in [-0.3, -0.25) is 4.79 Å². The number of hydrogen-bond donors (Lipinski definition) is 1. The van der Waals surface area contributed by atoms with Crippen molar-refractivity contribution in [2.24, 2.45) is 7.05 Å². The zero-order valence-corrected chi connectivity index (χ0v) is 16.7. The Morgan fingerprint density at radius 2 is 2.10 bits per heavy atom. The maximum Gasteiger partial charge on any atom is 0.433 e. The summed E-state index contributed by atoms with van der Waals surface area (Å²) in [5.41, 5.74) is 0.0273. The summed E-state index contributed by atoms with van der Waals surface area (Å²) in [6.07, 6.45) is 0.134. The van der Waals surface area contributed by atoms with E-state index in [2.05, 4.69) is 25.5 Å². The van der Waals surface area contributed by atoms with E-state index in [1.165, 1.54) is 24.0 Å². The first-order chi connectivity index (χ1) is 14.3. The Kier molecular flexibility index (Phi) is 5.46. The lowest BCUT2D eigenvalue weighted by Crippen LogP contribution is -2.18. The summed E-state index contributed by atoms with van der Waals surface area (Å²) in [6.45, 7) is 0. The van der Waals surface area contributed by atoms with E-state index in [0.717, 1.165) is 29.6 Å². The van der Waals surface area contributed by atoms with Crippen LogP contribution in [0.15, 0.2) is 41.9 Å². The molecule has 0 saturated heterocycles. The molecule has 1 amide bonds.